The van der Waals surface area contributed by atoms with Gasteiger partial charge in [0, 0.05) is 5.56 Å². The van der Waals surface area contributed by atoms with Gasteiger partial charge in [-0.2, -0.15) is 5.10 Å². The monoisotopic (exact) mass is 412 g/mol. The number of hydrogen-bond acceptors (Lipinski definition) is 7. The van der Waals surface area contributed by atoms with Gasteiger partial charge in [-0.25, -0.2) is 0 Å². The van der Waals surface area contributed by atoms with Crippen LogP contribution in [-0.2, 0) is 23.8 Å². The van der Waals surface area contributed by atoms with Gasteiger partial charge in [0.15, 0.2) is 5.41 Å². The minimum absolute atomic E-state index is 0.00787. The molecule has 1 unspecified atom stereocenters. The number of ether oxygens (including phenoxy) is 3. The SMILES string of the molecule is CCOC(=O)C1(C(=O)OCC)C=C2c3ccccc3/C(=N\N3CCOCC3)CC2C1. The quantitative estimate of drug-likeness (QED) is 0.547. The average molecular weight is 412 g/mol. The molecule has 0 bridgehead atoms. The molecule has 2 aliphatic carbocycles. The van der Waals surface area contributed by atoms with Gasteiger partial charge in [0.25, 0.3) is 0 Å². The molecule has 30 heavy (non-hydrogen) atoms. The zero-order chi connectivity index (χ0) is 21.1. The summed E-state index contributed by atoms with van der Waals surface area (Å²) in [4.78, 5) is 25.8. The molecule has 1 atom stereocenters. The molecule has 0 radical (unpaired) electrons. The van der Waals surface area contributed by atoms with Crippen LogP contribution in [0.1, 0.15) is 37.8 Å². The number of morpholine rings is 1. The van der Waals surface area contributed by atoms with Crippen LogP contribution in [0.2, 0.25) is 0 Å². The number of nitrogens with zero attached hydrogens (tertiary/aromatic N) is 2. The molecule has 4 rings (SSSR count). The fraction of sp³-hybridized carbons (Fsp3) is 0.522. The zero-order valence-corrected chi connectivity index (χ0v) is 17.6. The van der Waals surface area contributed by atoms with Crippen LogP contribution in [0.3, 0.4) is 0 Å². The van der Waals surface area contributed by atoms with Gasteiger partial charge >= 0.3 is 11.9 Å². The predicted octanol–water partition coefficient (Wildman–Crippen LogP) is 2.64. The van der Waals surface area contributed by atoms with E-state index in [1.165, 1.54) is 0 Å². The Hall–Kier alpha value is -2.67. The van der Waals surface area contributed by atoms with Crippen molar-refractivity contribution in [3.8, 4) is 0 Å². The highest BCUT2D eigenvalue weighted by Gasteiger charge is 2.54. The van der Waals surface area contributed by atoms with Crippen molar-refractivity contribution in [2.45, 2.75) is 26.7 Å². The highest BCUT2D eigenvalue weighted by atomic mass is 16.6. The Balaban J connectivity index is 1.74. The van der Waals surface area contributed by atoms with Gasteiger partial charge in [0.2, 0.25) is 0 Å². The van der Waals surface area contributed by atoms with Crippen LogP contribution in [0.15, 0.2) is 35.4 Å². The Morgan fingerprint density at radius 2 is 1.73 bits per heavy atom. The largest absolute Gasteiger partial charge is 0.465 e. The van der Waals surface area contributed by atoms with E-state index >= 15 is 0 Å². The summed E-state index contributed by atoms with van der Waals surface area (Å²) >= 11 is 0. The third-order valence-corrected chi connectivity index (χ3v) is 5.93. The van der Waals surface area contributed by atoms with Crippen LogP contribution < -0.4 is 0 Å². The molecule has 1 fully saturated rings. The summed E-state index contributed by atoms with van der Waals surface area (Å²) in [5, 5.41) is 6.96. The minimum atomic E-state index is -1.40. The van der Waals surface area contributed by atoms with Crippen LogP contribution in [-0.4, -0.2) is 62.2 Å². The number of carbonyl (C=O) groups excluding carboxylic acids is 2. The van der Waals surface area contributed by atoms with E-state index in [1.54, 1.807) is 19.9 Å². The van der Waals surface area contributed by atoms with Crippen molar-refractivity contribution in [1.82, 2.24) is 5.01 Å². The molecule has 1 aromatic rings. The van der Waals surface area contributed by atoms with Gasteiger partial charge in [0.1, 0.15) is 0 Å². The standard InChI is InChI=1S/C23H28N2O5/c1-3-29-21(26)23(22(27)30-4-2)14-16-13-20(24-25-9-11-28-12-10-25)18-8-6-5-7-17(18)19(16)15-23/h5-8,15-16H,3-4,9-14H2,1-2H3/b24-20-. The van der Waals surface area contributed by atoms with Crippen LogP contribution >= 0.6 is 0 Å². The van der Waals surface area contributed by atoms with E-state index in [0.717, 1.165) is 35.5 Å². The fourth-order valence-electron chi connectivity index (χ4n) is 4.56. The Bertz CT molecular complexity index is 867. The normalized spacial score (nSPS) is 23.4. The third kappa shape index (κ3) is 3.62. The third-order valence-electron chi connectivity index (χ3n) is 5.93. The summed E-state index contributed by atoms with van der Waals surface area (Å²) in [7, 11) is 0. The van der Waals surface area contributed by atoms with Crippen molar-refractivity contribution < 1.29 is 23.8 Å². The zero-order valence-electron chi connectivity index (χ0n) is 17.6. The van der Waals surface area contributed by atoms with E-state index in [1.807, 2.05) is 23.2 Å². The maximum atomic E-state index is 12.9. The van der Waals surface area contributed by atoms with Crippen molar-refractivity contribution in [2.75, 3.05) is 39.5 Å². The topological polar surface area (TPSA) is 77.4 Å². The number of carbonyl (C=O) groups is 2. The first-order valence-corrected chi connectivity index (χ1v) is 10.7. The van der Waals surface area contributed by atoms with Crippen molar-refractivity contribution >= 4 is 23.2 Å². The number of rotatable bonds is 5. The Labute approximate surface area is 176 Å². The van der Waals surface area contributed by atoms with E-state index in [9.17, 15) is 9.59 Å². The maximum Gasteiger partial charge on any atom is 0.327 e. The molecule has 1 aliphatic heterocycles. The van der Waals surface area contributed by atoms with E-state index in [4.69, 9.17) is 19.3 Å². The lowest BCUT2D eigenvalue weighted by molar-refractivity contribution is -0.168. The molecule has 0 N–H and O–H groups in total. The molecule has 0 spiro atoms. The van der Waals surface area contributed by atoms with Crippen LogP contribution in [0.5, 0.6) is 0 Å². The van der Waals surface area contributed by atoms with Gasteiger partial charge in [0.05, 0.1) is 45.2 Å². The highest BCUT2D eigenvalue weighted by molar-refractivity contribution is 6.11. The summed E-state index contributed by atoms with van der Waals surface area (Å²) < 4.78 is 16.0. The molecular weight excluding hydrogens is 384 g/mol. The number of fused-ring (bicyclic) bond motifs is 3. The second-order valence-electron chi connectivity index (χ2n) is 7.78. The van der Waals surface area contributed by atoms with Crippen molar-refractivity contribution in [3.63, 3.8) is 0 Å². The van der Waals surface area contributed by atoms with Crippen molar-refractivity contribution in [3.05, 3.63) is 41.5 Å². The highest BCUT2D eigenvalue weighted by Crippen LogP contribution is 2.51. The van der Waals surface area contributed by atoms with Gasteiger partial charge in [-0.1, -0.05) is 30.3 Å². The van der Waals surface area contributed by atoms with E-state index < -0.39 is 17.4 Å². The lowest BCUT2D eigenvalue weighted by Crippen LogP contribution is -2.40. The molecular formula is C23H28N2O5. The molecule has 1 saturated heterocycles. The summed E-state index contributed by atoms with van der Waals surface area (Å²) in [5.74, 6) is -1.06. The first-order valence-electron chi connectivity index (χ1n) is 10.7. The van der Waals surface area contributed by atoms with E-state index in [0.29, 0.717) is 26.1 Å². The second kappa shape index (κ2) is 8.60. The number of hydrogen-bond donors (Lipinski definition) is 0. The van der Waals surface area contributed by atoms with Crippen LogP contribution in [0, 0.1) is 11.3 Å². The molecule has 3 aliphatic rings. The molecule has 1 aromatic carbocycles. The predicted molar refractivity (Wildman–Crippen MR) is 112 cm³/mol. The Morgan fingerprint density at radius 1 is 1.10 bits per heavy atom. The van der Waals surface area contributed by atoms with Crippen LogP contribution in [0.25, 0.3) is 5.57 Å². The number of allylic oxidation sites excluding steroid dienone is 1. The summed E-state index contributed by atoms with van der Waals surface area (Å²) in [6, 6.07) is 8.06. The molecule has 7 nitrogen and oxygen atoms in total. The van der Waals surface area contributed by atoms with E-state index in [-0.39, 0.29) is 19.1 Å². The molecule has 1 heterocycles. The van der Waals surface area contributed by atoms with Crippen LogP contribution in [0.4, 0.5) is 0 Å². The van der Waals surface area contributed by atoms with E-state index in [2.05, 4.69) is 6.07 Å². The molecule has 0 amide bonds. The fourth-order valence-corrected chi connectivity index (χ4v) is 4.56. The molecule has 0 aromatic heterocycles. The Morgan fingerprint density at radius 3 is 2.37 bits per heavy atom. The van der Waals surface area contributed by atoms with Gasteiger partial charge in [-0.15, -0.1) is 0 Å². The second-order valence-corrected chi connectivity index (χ2v) is 7.78. The first-order chi connectivity index (χ1) is 14.6. The number of esters is 2. The molecule has 160 valence electrons. The smallest absolute Gasteiger partial charge is 0.327 e. The summed E-state index contributed by atoms with van der Waals surface area (Å²) in [6.07, 6.45) is 2.80. The van der Waals surface area contributed by atoms with Crippen molar-refractivity contribution in [2.24, 2.45) is 16.4 Å². The maximum absolute atomic E-state index is 12.9. The van der Waals surface area contributed by atoms with Gasteiger partial charge in [-0.05, 0) is 43.7 Å². The number of benzene rings is 1. The molecule has 0 saturated carbocycles. The average Bonchev–Trinajstić information content (AvgIpc) is 3.16. The lowest BCUT2D eigenvalue weighted by Gasteiger charge is -2.30. The number of hydrazone groups is 1. The Kier molecular flexibility index (Phi) is 5.90. The first kappa shape index (κ1) is 20.6. The van der Waals surface area contributed by atoms with Gasteiger partial charge in [-0.3, -0.25) is 14.6 Å². The van der Waals surface area contributed by atoms with Gasteiger partial charge < -0.3 is 14.2 Å². The lowest BCUT2D eigenvalue weighted by atomic mass is 9.78. The van der Waals surface area contributed by atoms with Crippen molar-refractivity contribution in [1.29, 1.82) is 0 Å². The summed E-state index contributed by atoms with van der Waals surface area (Å²) in [6.45, 7) is 6.78. The molecule has 7 heteroatoms. The summed E-state index contributed by atoms with van der Waals surface area (Å²) in [5.41, 5.74) is 2.67. The minimum Gasteiger partial charge on any atom is -0.465 e.